The number of aryl methyl sites for hydroxylation is 2. The first-order chi connectivity index (χ1) is 18.3. The van der Waals surface area contributed by atoms with E-state index >= 15 is 0 Å². The Hall–Kier alpha value is -1.35. The molecule has 0 bridgehead atoms. The van der Waals surface area contributed by atoms with Crippen LogP contribution in [0.1, 0.15) is 65.6 Å². The smallest absolute Gasteiger partial charge is 0.348 e. The summed E-state index contributed by atoms with van der Waals surface area (Å²) < 4.78 is 5.42. The number of halogens is 3. The number of carbonyl (C=O) groups is 2. The van der Waals surface area contributed by atoms with E-state index in [1.807, 2.05) is 12.1 Å². The van der Waals surface area contributed by atoms with Gasteiger partial charge in [-0.05, 0) is 73.8 Å². The predicted octanol–water partition coefficient (Wildman–Crippen LogP) is 6.37. The van der Waals surface area contributed by atoms with Crippen molar-refractivity contribution < 1.29 is 24.5 Å². The summed E-state index contributed by atoms with van der Waals surface area (Å²) in [5.74, 6) is -0.201. The van der Waals surface area contributed by atoms with Gasteiger partial charge in [0, 0.05) is 33.9 Å². The zero-order chi connectivity index (χ0) is 27.7. The first-order valence-electron chi connectivity index (χ1n) is 13.2. The fraction of sp³-hybridized carbons (Fsp3) is 0.571. The van der Waals surface area contributed by atoms with Crippen molar-refractivity contribution >= 4 is 58.0 Å². The zero-order valence-electron chi connectivity index (χ0n) is 21.7. The Kier molecular flexibility index (Phi) is 12.7. The van der Waals surface area contributed by atoms with Gasteiger partial charge in [-0.2, -0.15) is 0 Å². The van der Waals surface area contributed by atoms with Crippen LogP contribution in [-0.4, -0.2) is 65.3 Å². The largest absolute Gasteiger partial charge is 0.461 e. The van der Waals surface area contributed by atoms with Gasteiger partial charge in [0.05, 0.1) is 24.7 Å². The minimum absolute atomic E-state index is 0.0245. The van der Waals surface area contributed by atoms with E-state index in [1.54, 1.807) is 6.07 Å². The molecule has 1 amide bonds. The number of esters is 1. The molecule has 0 radical (unpaired) electrons. The molecule has 1 aliphatic carbocycles. The molecule has 10 heteroatoms. The summed E-state index contributed by atoms with van der Waals surface area (Å²) in [6, 6.07) is 5.55. The summed E-state index contributed by atoms with van der Waals surface area (Å²) >= 11 is 20.9. The molecule has 1 heterocycles. The molecule has 210 valence electrons. The van der Waals surface area contributed by atoms with E-state index in [0.717, 1.165) is 66.5 Å². The average Bonchev–Trinajstić information content (AvgIpc) is 3.48. The van der Waals surface area contributed by atoms with Gasteiger partial charge < -0.3 is 19.8 Å². The number of amides is 1. The first-order valence-corrected chi connectivity index (χ1v) is 15.2. The van der Waals surface area contributed by atoms with Crippen LogP contribution in [0.15, 0.2) is 18.2 Å². The van der Waals surface area contributed by atoms with Crippen molar-refractivity contribution in [1.29, 1.82) is 0 Å². The summed E-state index contributed by atoms with van der Waals surface area (Å²) in [7, 11) is 0. The maximum atomic E-state index is 12.9. The SMILES string of the molecule is CCCc1sc(C(=O)OCCC(=O)N(CCO)CCO)cc1-c1c(Cl)cc(Cl)cc1CC[C@H]1CC[C@@H](Cl)C1. The molecule has 38 heavy (non-hydrogen) atoms. The van der Waals surface area contributed by atoms with E-state index in [2.05, 4.69) is 6.92 Å². The second kappa shape index (κ2) is 15.4. The van der Waals surface area contributed by atoms with Crippen LogP contribution in [-0.2, 0) is 22.4 Å². The van der Waals surface area contributed by atoms with Crippen molar-refractivity contribution in [3.8, 4) is 11.1 Å². The van der Waals surface area contributed by atoms with Crippen LogP contribution in [0.2, 0.25) is 10.0 Å². The Bertz CT molecular complexity index is 1090. The highest BCUT2D eigenvalue weighted by molar-refractivity contribution is 7.14. The van der Waals surface area contributed by atoms with Crippen molar-refractivity contribution in [2.24, 2.45) is 5.92 Å². The van der Waals surface area contributed by atoms with Crippen LogP contribution in [0.25, 0.3) is 11.1 Å². The monoisotopic (exact) mass is 603 g/mol. The highest BCUT2D eigenvalue weighted by Crippen LogP contribution is 2.42. The molecule has 0 aliphatic heterocycles. The van der Waals surface area contributed by atoms with E-state index in [1.165, 1.54) is 16.2 Å². The molecule has 3 rings (SSSR count). The Morgan fingerprint density at radius 2 is 1.84 bits per heavy atom. The molecule has 6 nitrogen and oxygen atoms in total. The lowest BCUT2D eigenvalue weighted by molar-refractivity contribution is -0.132. The third-order valence-electron chi connectivity index (χ3n) is 6.83. The molecule has 1 aliphatic rings. The van der Waals surface area contributed by atoms with Gasteiger partial charge >= 0.3 is 5.97 Å². The second-order valence-corrected chi connectivity index (χ2v) is 12.2. The fourth-order valence-electron chi connectivity index (χ4n) is 4.98. The van der Waals surface area contributed by atoms with E-state index in [9.17, 15) is 9.59 Å². The highest BCUT2D eigenvalue weighted by atomic mass is 35.5. The van der Waals surface area contributed by atoms with E-state index in [4.69, 9.17) is 49.8 Å². The van der Waals surface area contributed by atoms with Gasteiger partial charge in [0.15, 0.2) is 0 Å². The number of alkyl halides is 1. The van der Waals surface area contributed by atoms with Crippen molar-refractivity contribution in [3.63, 3.8) is 0 Å². The van der Waals surface area contributed by atoms with Gasteiger partial charge in [0.25, 0.3) is 0 Å². The second-order valence-electron chi connectivity index (χ2n) is 9.65. The van der Waals surface area contributed by atoms with Gasteiger partial charge in [-0.3, -0.25) is 4.79 Å². The Labute approximate surface area is 243 Å². The molecule has 2 aromatic rings. The third kappa shape index (κ3) is 8.57. The lowest BCUT2D eigenvalue weighted by Gasteiger charge is -2.20. The minimum Gasteiger partial charge on any atom is -0.461 e. The number of thiophene rings is 1. The number of ether oxygens (including phenoxy) is 1. The molecule has 2 atom stereocenters. The number of benzene rings is 1. The Morgan fingerprint density at radius 3 is 2.47 bits per heavy atom. The number of hydrogen-bond donors (Lipinski definition) is 2. The van der Waals surface area contributed by atoms with Gasteiger partial charge in [-0.15, -0.1) is 22.9 Å². The molecular weight excluding hydrogens is 569 g/mol. The summed E-state index contributed by atoms with van der Waals surface area (Å²) in [5.41, 5.74) is 2.90. The molecule has 1 aromatic heterocycles. The number of carbonyl (C=O) groups excluding carboxylic acids is 2. The number of rotatable bonds is 14. The third-order valence-corrected chi connectivity index (χ3v) is 8.92. The zero-order valence-corrected chi connectivity index (χ0v) is 24.8. The summed E-state index contributed by atoms with van der Waals surface area (Å²) in [5, 5.41) is 19.6. The van der Waals surface area contributed by atoms with Crippen LogP contribution in [0.3, 0.4) is 0 Å². The molecule has 1 saturated carbocycles. The number of hydrogen-bond acceptors (Lipinski definition) is 6. The summed E-state index contributed by atoms with van der Waals surface area (Å²) in [4.78, 5) is 28.1. The van der Waals surface area contributed by atoms with E-state index in [-0.39, 0.29) is 50.6 Å². The first kappa shape index (κ1) is 31.2. The van der Waals surface area contributed by atoms with Gasteiger partial charge in [0.2, 0.25) is 5.91 Å². The maximum Gasteiger partial charge on any atom is 0.348 e. The van der Waals surface area contributed by atoms with E-state index in [0.29, 0.717) is 20.8 Å². The minimum atomic E-state index is -0.493. The van der Waals surface area contributed by atoms with Crippen LogP contribution in [0.5, 0.6) is 0 Å². The Balaban J connectivity index is 1.77. The van der Waals surface area contributed by atoms with Crippen LogP contribution < -0.4 is 0 Å². The lowest BCUT2D eigenvalue weighted by Crippen LogP contribution is -2.36. The van der Waals surface area contributed by atoms with Gasteiger partial charge in [-0.25, -0.2) is 4.79 Å². The van der Waals surface area contributed by atoms with E-state index < -0.39 is 5.97 Å². The molecule has 2 N–H and O–H groups in total. The molecule has 1 fully saturated rings. The van der Waals surface area contributed by atoms with Crippen molar-refractivity contribution in [1.82, 2.24) is 4.90 Å². The summed E-state index contributed by atoms with van der Waals surface area (Å²) in [6.45, 7) is 1.85. The van der Waals surface area contributed by atoms with Gasteiger partial charge in [-0.1, -0.05) is 36.5 Å². The molecule has 0 unspecified atom stereocenters. The number of aliphatic hydroxyl groups is 2. The lowest BCUT2D eigenvalue weighted by atomic mass is 9.92. The van der Waals surface area contributed by atoms with Crippen molar-refractivity contribution in [3.05, 3.63) is 43.6 Å². The molecule has 0 saturated heterocycles. The van der Waals surface area contributed by atoms with Crippen LogP contribution in [0.4, 0.5) is 0 Å². The average molecular weight is 605 g/mol. The molecule has 0 spiro atoms. The highest BCUT2D eigenvalue weighted by Gasteiger charge is 2.25. The van der Waals surface area contributed by atoms with Gasteiger partial charge in [0.1, 0.15) is 11.5 Å². The normalized spacial score (nSPS) is 17.1. The predicted molar refractivity (Wildman–Crippen MR) is 155 cm³/mol. The molecule has 1 aromatic carbocycles. The van der Waals surface area contributed by atoms with Crippen LogP contribution >= 0.6 is 46.1 Å². The van der Waals surface area contributed by atoms with Crippen molar-refractivity contribution in [2.75, 3.05) is 32.9 Å². The topological polar surface area (TPSA) is 87.1 Å². The fourth-order valence-corrected chi connectivity index (χ4v) is 7.16. The number of nitrogens with zero attached hydrogens (tertiary/aromatic N) is 1. The quantitative estimate of drug-likeness (QED) is 0.193. The maximum absolute atomic E-state index is 12.9. The number of aliphatic hydroxyl groups excluding tert-OH is 2. The van der Waals surface area contributed by atoms with Crippen molar-refractivity contribution in [2.45, 2.75) is 63.7 Å². The van der Waals surface area contributed by atoms with Crippen LogP contribution in [0, 0.1) is 5.92 Å². The Morgan fingerprint density at radius 1 is 1.11 bits per heavy atom. The standard InChI is InChI=1S/C28H36Cl3NO5S/c1-2-3-24-22(17-25(38-24)28(36)37-13-8-26(35)32(9-11-33)10-12-34)27-19(15-21(30)16-23(27)31)6-4-18-5-7-20(29)14-18/h15-18,20,33-34H,2-14H2,1H3/t18-,20+/m0/s1. The molecular formula is C28H36Cl3NO5S. The summed E-state index contributed by atoms with van der Waals surface area (Å²) in [6.07, 6.45) is 6.72.